The van der Waals surface area contributed by atoms with Gasteiger partial charge in [0.05, 0.1) is 5.92 Å². The van der Waals surface area contributed by atoms with Crippen LogP contribution in [0.15, 0.2) is 18.2 Å². The van der Waals surface area contributed by atoms with Crippen LogP contribution in [0.4, 0.5) is 0 Å². The number of carboxylic acid groups (broad SMARTS) is 1. The Labute approximate surface area is 116 Å². The van der Waals surface area contributed by atoms with Crippen LogP contribution in [0.5, 0.6) is 0 Å². The molecule has 0 saturated carbocycles. The first-order valence-corrected chi connectivity index (χ1v) is 6.89. The van der Waals surface area contributed by atoms with Gasteiger partial charge in [0.1, 0.15) is 0 Å². The average Bonchev–Trinajstić information content (AvgIpc) is 2.25. The third kappa shape index (κ3) is 5.88. The van der Waals surface area contributed by atoms with Crippen molar-refractivity contribution in [2.24, 2.45) is 11.8 Å². The minimum absolute atomic E-state index is 0.300. The number of rotatable bonds is 7. The molecule has 3 heteroatoms. The zero-order valence-electron chi connectivity index (χ0n) is 12.4. The largest absolute Gasteiger partial charge is 0.481 e. The molecule has 0 bridgehead atoms. The molecule has 1 aromatic carbocycles. The third-order valence-electron chi connectivity index (χ3n) is 3.11. The molecule has 1 unspecified atom stereocenters. The Bertz CT molecular complexity index is 407. The van der Waals surface area contributed by atoms with Crippen molar-refractivity contribution in [2.75, 3.05) is 6.54 Å². The van der Waals surface area contributed by atoms with E-state index in [2.05, 4.69) is 51.2 Å². The van der Waals surface area contributed by atoms with Gasteiger partial charge in [-0.05, 0) is 31.7 Å². The van der Waals surface area contributed by atoms with Crippen LogP contribution in [0.25, 0.3) is 0 Å². The van der Waals surface area contributed by atoms with Crippen LogP contribution in [-0.2, 0) is 11.3 Å². The highest BCUT2D eigenvalue weighted by Gasteiger charge is 2.18. The Morgan fingerprint density at radius 2 is 1.79 bits per heavy atom. The number of aliphatic carboxylic acids is 1. The van der Waals surface area contributed by atoms with E-state index < -0.39 is 5.97 Å². The van der Waals surface area contributed by atoms with Gasteiger partial charge in [-0.15, -0.1) is 0 Å². The van der Waals surface area contributed by atoms with E-state index in [1.54, 1.807) is 0 Å². The summed E-state index contributed by atoms with van der Waals surface area (Å²) < 4.78 is 0. The number of hydrogen-bond acceptors (Lipinski definition) is 2. The number of carboxylic acids is 1. The molecule has 3 nitrogen and oxygen atoms in total. The first-order chi connectivity index (χ1) is 8.88. The zero-order chi connectivity index (χ0) is 14.4. The second-order valence-electron chi connectivity index (χ2n) is 5.79. The predicted octanol–water partition coefficient (Wildman–Crippen LogP) is 3.14. The van der Waals surface area contributed by atoms with Crippen molar-refractivity contribution in [3.05, 3.63) is 34.9 Å². The summed E-state index contributed by atoms with van der Waals surface area (Å²) in [5.74, 6) is -0.600. The van der Waals surface area contributed by atoms with E-state index in [4.69, 9.17) is 5.11 Å². The van der Waals surface area contributed by atoms with Crippen LogP contribution in [0.2, 0.25) is 0 Å². The maximum atomic E-state index is 11.1. The molecule has 19 heavy (non-hydrogen) atoms. The summed E-state index contributed by atoms with van der Waals surface area (Å²) in [5.41, 5.74) is 3.70. The molecule has 1 atom stereocenters. The van der Waals surface area contributed by atoms with Crippen LogP contribution in [0, 0.1) is 25.7 Å². The van der Waals surface area contributed by atoms with Gasteiger partial charge in [-0.25, -0.2) is 0 Å². The molecule has 0 aliphatic heterocycles. The Kier molecular flexibility index (Phi) is 6.03. The normalized spacial score (nSPS) is 12.7. The standard InChI is InChI=1S/C16H25NO2/c1-11(2)5-15(16(18)19)10-17-9-14-7-12(3)6-13(4)8-14/h6-8,11,15,17H,5,9-10H2,1-4H3,(H,18,19). The topological polar surface area (TPSA) is 49.3 Å². The van der Waals surface area contributed by atoms with E-state index in [1.807, 2.05) is 0 Å². The van der Waals surface area contributed by atoms with E-state index in [9.17, 15) is 4.79 Å². The summed E-state index contributed by atoms with van der Waals surface area (Å²) in [4.78, 5) is 11.1. The molecular formula is C16H25NO2. The maximum Gasteiger partial charge on any atom is 0.307 e. The highest BCUT2D eigenvalue weighted by Crippen LogP contribution is 2.12. The molecule has 0 saturated heterocycles. The van der Waals surface area contributed by atoms with Crippen molar-refractivity contribution >= 4 is 5.97 Å². The monoisotopic (exact) mass is 263 g/mol. The van der Waals surface area contributed by atoms with Crippen LogP contribution >= 0.6 is 0 Å². The van der Waals surface area contributed by atoms with Gasteiger partial charge in [0.15, 0.2) is 0 Å². The number of hydrogen-bond donors (Lipinski definition) is 2. The van der Waals surface area contributed by atoms with E-state index in [1.165, 1.54) is 16.7 Å². The average molecular weight is 263 g/mol. The molecular weight excluding hydrogens is 238 g/mol. The highest BCUT2D eigenvalue weighted by atomic mass is 16.4. The molecule has 0 fully saturated rings. The summed E-state index contributed by atoms with van der Waals surface area (Å²) >= 11 is 0. The highest BCUT2D eigenvalue weighted by molar-refractivity contribution is 5.70. The van der Waals surface area contributed by atoms with Gasteiger partial charge >= 0.3 is 5.97 Å². The smallest absolute Gasteiger partial charge is 0.307 e. The second-order valence-corrected chi connectivity index (χ2v) is 5.79. The molecule has 0 aromatic heterocycles. The molecule has 0 heterocycles. The summed E-state index contributed by atoms with van der Waals surface area (Å²) in [5, 5.41) is 12.4. The van der Waals surface area contributed by atoms with E-state index in [-0.39, 0.29) is 5.92 Å². The fourth-order valence-electron chi connectivity index (χ4n) is 2.40. The Morgan fingerprint density at radius 1 is 1.21 bits per heavy atom. The fourth-order valence-corrected chi connectivity index (χ4v) is 2.40. The Balaban J connectivity index is 2.49. The lowest BCUT2D eigenvalue weighted by molar-refractivity contribution is -0.142. The van der Waals surface area contributed by atoms with Gasteiger partial charge < -0.3 is 10.4 Å². The van der Waals surface area contributed by atoms with Crippen LogP contribution < -0.4 is 5.32 Å². The van der Waals surface area contributed by atoms with E-state index in [0.717, 1.165) is 13.0 Å². The van der Waals surface area contributed by atoms with E-state index >= 15 is 0 Å². The quantitative estimate of drug-likeness (QED) is 0.794. The van der Waals surface area contributed by atoms with Crippen LogP contribution in [0.3, 0.4) is 0 Å². The molecule has 0 amide bonds. The van der Waals surface area contributed by atoms with Crippen molar-refractivity contribution in [3.8, 4) is 0 Å². The van der Waals surface area contributed by atoms with Gasteiger partial charge in [0.2, 0.25) is 0 Å². The minimum atomic E-state index is -0.707. The van der Waals surface area contributed by atoms with Crippen molar-refractivity contribution in [2.45, 2.75) is 40.7 Å². The van der Waals surface area contributed by atoms with Gasteiger partial charge in [0, 0.05) is 13.1 Å². The number of nitrogens with one attached hydrogen (secondary N) is 1. The zero-order valence-corrected chi connectivity index (χ0v) is 12.4. The molecule has 0 aliphatic carbocycles. The molecule has 0 radical (unpaired) electrons. The van der Waals surface area contributed by atoms with Gasteiger partial charge in [-0.3, -0.25) is 4.79 Å². The predicted molar refractivity (Wildman–Crippen MR) is 78.2 cm³/mol. The van der Waals surface area contributed by atoms with Gasteiger partial charge in [-0.1, -0.05) is 43.2 Å². The lowest BCUT2D eigenvalue weighted by Gasteiger charge is -2.15. The summed E-state index contributed by atoms with van der Waals surface area (Å²) in [7, 11) is 0. The lowest BCUT2D eigenvalue weighted by Crippen LogP contribution is -2.29. The SMILES string of the molecule is Cc1cc(C)cc(CNCC(CC(C)C)C(=O)O)c1. The molecule has 1 rings (SSSR count). The number of benzene rings is 1. The molecule has 0 spiro atoms. The minimum Gasteiger partial charge on any atom is -0.481 e. The Morgan fingerprint density at radius 3 is 2.26 bits per heavy atom. The molecule has 1 aromatic rings. The van der Waals surface area contributed by atoms with Crippen molar-refractivity contribution in [1.82, 2.24) is 5.32 Å². The van der Waals surface area contributed by atoms with Gasteiger partial charge in [-0.2, -0.15) is 0 Å². The van der Waals surface area contributed by atoms with Crippen molar-refractivity contribution in [3.63, 3.8) is 0 Å². The summed E-state index contributed by atoms with van der Waals surface area (Å²) in [6.07, 6.45) is 0.717. The second kappa shape index (κ2) is 7.29. The van der Waals surface area contributed by atoms with Crippen molar-refractivity contribution < 1.29 is 9.90 Å². The first kappa shape index (κ1) is 15.7. The van der Waals surface area contributed by atoms with Crippen LogP contribution in [-0.4, -0.2) is 17.6 Å². The molecule has 106 valence electrons. The lowest BCUT2D eigenvalue weighted by atomic mass is 9.97. The third-order valence-corrected chi connectivity index (χ3v) is 3.11. The van der Waals surface area contributed by atoms with Crippen LogP contribution in [0.1, 0.15) is 37.0 Å². The number of carbonyl (C=O) groups is 1. The first-order valence-electron chi connectivity index (χ1n) is 6.89. The summed E-state index contributed by atoms with van der Waals surface area (Å²) in [6.45, 7) is 9.52. The van der Waals surface area contributed by atoms with E-state index in [0.29, 0.717) is 12.5 Å². The summed E-state index contributed by atoms with van der Waals surface area (Å²) in [6, 6.07) is 6.42. The maximum absolute atomic E-state index is 11.1. The Hall–Kier alpha value is -1.35. The van der Waals surface area contributed by atoms with Gasteiger partial charge in [0.25, 0.3) is 0 Å². The molecule has 0 aliphatic rings. The fraction of sp³-hybridized carbons (Fsp3) is 0.562. The van der Waals surface area contributed by atoms with Crippen molar-refractivity contribution in [1.29, 1.82) is 0 Å². The number of aryl methyl sites for hydroxylation is 2. The molecule has 2 N–H and O–H groups in total.